The van der Waals surface area contributed by atoms with Crippen LogP contribution < -0.4 is 27.4 Å². The third-order valence-corrected chi connectivity index (χ3v) is 4.54. The fourth-order valence-corrected chi connectivity index (χ4v) is 2.62. The number of carboxylic acids is 1. The zero-order valence-electron chi connectivity index (χ0n) is 16.5. The van der Waals surface area contributed by atoms with Crippen molar-refractivity contribution in [2.24, 2.45) is 11.5 Å². The third kappa shape index (κ3) is 10.4. The Morgan fingerprint density at radius 3 is 1.83 bits per heavy atom. The van der Waals surface area contributed by atoms with E-state index in [0.29, 0.717) is 12.2 Å². The molecule has 0 spiro atoms. The highest BCUT2D eigenvalue weighted by Gasteiger charge is 2.29. The predicted molar refractivity (Wildman–Crippen MR) is 107 cm³/mol. The number of nitrogens with one attached hydrogen (secondary N) is 3. The van der Waals surface area contributed by atoms with Crippen LogP contribution in [0.2, 0.25) is 0 Å². The average molecular weight is 452 g/mol. The lowest BCUT2D eigenvalue weighted by Gasteiger charge is -2.24. The second-order valence-electron chi connectivity index (χ2n) is 6.28. The first-order chi connectivity index (χ1) is 14.1. The monoisotopic (exact) mass is 451 g/mol. The van der Waals surface area contributed by atoms with Gasteiger partial charge in [0.15, 0.2) is 0 Å². The summed E-state index contributed by atoms with van der Waals surface area (Å²) in [5.74, 6) is -4.26. The molecule has 13 nitrogen and oxygen atoms in total. The normalized spacial score (nSPS) is 14.7. The molecule has 0 radical (unpaired) electrons. The van der Waals surface area contributed by atoms with E-state index in [4.69, 9.17) is 21.7 Å². The zero-order valence-corrected chi connectivity index (χ0v) is 17.3. The molecule has 0 bridgehead atoms. The highest BCUT2D eigenvalue weighted by Crippen LogP contribution is 2.03. The van der Waals surface area contributed by atoms with E-state index in [2.05, 4.69) is 10.6 Å². The van der Waals surface area contributed by atoms with Gasteiger partial charge in [-0.1, -0.05) is 0 Å². The molecule has 0 heterocycles. The number of carbonyl (C=O) groups excluding carboxylic acids is 4. The van der Waals surface area contributed by atoms with E-state index < -0.39 is 67.0 Å². The molecule has 0 fully saturated rings. The molecule has 0 aromatic carbocycles. The molecule has 0 aliphatic rings. The smallest absolute Gasteiger partial charge is 0.328 e. The molecule has 0 aromatic rings. The van der Waals surface area contributed by atoms with Crippen molar-refractivity contribution >= 4 is 41.4 Å². The Morgan fingerprint density at radius 1 is 0.867 bits per heavy atom. The van der Waals surface area contributed by atoms with E-state index in [-0.39, 0.29) is 12.8 Å². The molecule has 4 amide bonds. The van der Waals surface area contributed by atoms with Crippen molar-refractivity contribution in [3.05, 3.63) is 0 Å². The number of carboxylic acid groups (broad SMARTS) is 1. The second kappa shape index (κ2) is 14.5. The van der Waals surface area contributed by atoms with Gasteiger partial charge in [-0.05, 0) is 24.9 Å². The molecule has 0 aromatic heterocycles. The van der Waals surface area contributed by atoms with Gasteiger partial charge in [0, 0.05) is 6.42 Å². The van der Waals surface area contributed by atoms with Crippen LogP contribution in [0.15, 0.2) is 0 Å². The van der Waals surface area contributed by atoms with E-state index in [1.807, 2.05) is 11.6 Å². The van der Waals surface area contributed by atoms with Gasteiger partial charge in [0.25, 0.3) is 0 Å². The Kier molecular flexibility index (Phi) is 13.4. The molecule has 172 valence electrons. The van der Waals surface area contributed by atoms with Crippen LogP contribution in [0.5, 0.6) is 0 Å². The topological polar surface area (TPSA) is 234 Å². The quantitative estimate of drug-likeness (QED) is 0.120. The number of hydrogen-bond acceptors (Lipinski definition) is 9. The molecule has 0 saturated heterocycles. The fourth-order valence-electron chi connectivity index (χ4n) is 2.13. The number of nitrogens with two attached hydrogens (primary N) is 2. The lowest BCUT2D eigenvalue weighted by atomic mass is 10.1. The number of thioether (sulfide) groups is 1. The maximum Gasteiger partial charge on any atom is 0.328 e. The minimum atomic E-state index is -1.64. The van der Waals surface area contributed by atoms with Gasteiger partial charge in [-0.25, -0.2) is 4.79 Å². The van der Waals surface area contributed by atoms with Crippen molar-refractivity contribution < 1.29 is 39.3 Å². The van der Waals surface area contributed by atoms with E-state index in [9.17, 15) is 29.1 Å². The standard InChI is InChI=1S/C16H29N5O8S/c1-30-5-4-8(17)13(25)19-9(2-3-12(18)24)14(26)20-10(6-22)15(27)21-11(7-23)16(28)29/h8-11,22-23H,2-7,17H2,1H3,(H2,18,24)(H,19,25)(H,20,26)(H,21,27)(H,28,29). The zero-order chi connectivity index (χ0) is 23.3. The fraction of sp³-hybridized carbons (Fsp3) is 0.688. The van der Waals surface area contributed by atoms with Crippen LogP contribution in [0.25, 0.3) is 0 Å². The van der Waals surface area contributed by atoms with Gasteiger partial charge in [0.2, 0.25) is 23.6 Å². The number of hydrogen-bond donors (Lipinski definition) is 8. The molecule has 0 aliphatic carbocycles. The third-order valence-electron chi connectivity index (χ3n) is 3.89. The largest absolute Gasteiger partial charge is 0.480 e. The summed E-state index contributed by atoms with van der Waals surface area (Å²) in [6.45, 7) is -1.79. The molecular formula is C16H29N5O8S. The SMILES string of the molecule is CSCCC(N)C(=O)NC(CCC(N)=O)C(=O)NC(CO)C(=O)NC(CO)C(=O)O. The average Bonchev–Trinajstić information content (AvgIpc) is 2.70. The van der Waals surface area contributed by atoms with Crippen LogP contribution >= 0.6 is 11.8 Å². The molecule has 0 saturated carbocycles. The number of primary amides is 1. The van der Waals surface area contributed by atoms with Crippen molar-refractivity contribution in [2.75, 3.05) is 25.2 Å². The number of aliphatic hydroxyl groups excluding tert-OH is 2. The van der Waals surface area contributed by atoms with Gasteiger partial charge in [0.1, 0.15) is 18.1 Å². The Labute approximate surface area is 177 Å². The van der Waals surface area contributed by atoms with Crippen LogP contribution in [0.3, 0.4) is 0 Å². The van der Waals surface area contributed by atoms with Crippen molar-refractivity contribution in [3.8, 4) is 0 Å². The maximum atomic E-state index is 12.5. The predicted octanol–water partition coefficient (Wildman–Crippen LogP) is -4.14. The van der Waals surface area contributed by atoms with Crippen molar-refractivity contribution in [3.63, 3.8) is 0 Å². The number of rotatable bonds is 15. The Morgan fingerprint density at radius 2 is 1.37 bits per heavy atom. The van der Waals surface area contributed by atoms with Crippen molar-refractivity contribution in [2.45, 2.75) is 43.4 Å². The molecule has 30 heavy (non-hydrogen) atoms. The van der Waals surface area contributed by atoms with Gasteiger partial charge in [-0.15, -0.1) is 0 Å². The van der Waals surface area contributed by atoms with Gasteiger partial charge < -0.3 is 42.7 Å². The molecule has 0 rings (SSSR count). The van der Waals surface area contributed by atoms with Crippen LogP contribution in [0.4, 0.5) is 0 Å². The first-order valence-electron chi connectivity index (χ1n) is 8.95. The van der Waals surface area contributed by atoms with Crippen LogP contribution in [0.1, 0.15) is 19.3 Å². The summed E-state index contributed by atoms with van der Waals surface area (Å²) in [6, 6.07) is -5.38. The van der Waals surface area contributed by atoms with E-state index >= 15 is 0 Å². The van der Waals surface area contributed by atoms with E-state index in [1.165, 1.54) is 11.8 Å². The molecule has 0 aliphatic heterocycles. The van der Waals surface area contributed by atoms with Crippen LogP contribution in [0, 0.1) is 0 Å². The van der Waals surface area contributed by atoms with Crippen molar-refractivity contribution in [1.82, 2.24) is 16.0 Å². The Bertz CT molecular complexity index is 620. The summed E-state index contributed by atoms with van der Waals surface area (Å²) in [5.41, 5.74) is 10.8. The number of carbonyl (C=O) groups is 5. The minimum absolute atomic E-state index is 0.184. The Balaban J connectivity index is 5.17. The number of aliphatic hydroxyl groups is 2. The molecular weight excluding hydrogens is 422 g/mol. The molecule has 14 heteroatoms. The number of aliphatic carboxylic acids is 1. The van der Waals surface area contributed by atoms with Crippen LogP contribution in [-0.2, 0) is 24.0 Å². The molecule has 4 atom stereocenters. The highest BCUT2D eigenvalue weighted by molar-refractivity contribution is 7.98. The maximum absolute atomic E-state index is 12.5. The highest BCUT2D eigenvalue weighted by atomic mass is 32.2. The van der Waals surface area contributed by atoms with E-state index in [0.717, 1.165) is 0 Å². The summed E-state index contributed by atoms with van der Waals surface area (Å²) in [4.78, 5) is 58.7. The minimum Gasteiger partial charge on any atom is -0.480 e. The summed E-state index contributed by atoms with van der Waals surface area (Å²) in [6.07, 6.45) is 1.74. The van der Waals surface area contributed by atoms with Crippen molar-refractivity contribution in [1.29, 1.82) is 0 Å². The summed E-state index contributed by atoms with van der Waals surface area (Å²) < 4.78 is 0. The lowest BCUT2D eigenvalue weighted by molar-refractivity contribution is -0.143. The Hall–Kier alpha value is -2.42. The lowest BCUT2D eigenvalue weighted by Crippen LogP contribution is -2.58. The van der Waals surface area contributed by atoms with Gasteiger partial charge >= 0.3 is 5.97 Å². The number of amides is 4. The van der Waals surface area contributed by atoms with Gasteiger partial charge in [-0.2, -0.15) is 11.8 Å². The van der Waals surface area contributed by atoms with E-state index in [1.54, 1.807) is 0 Å². The summed E-state index contributed by atoms with van der Waals surface area (Å²) in [5, 5.41) is 33.7. The summed E-state index contributed by atoms with van der Waals surface area (Å²) in [7, 11) is 0. The molecule has 10 N–H and O–H groups in total. The first kappa shape index (κ1) is 27.6. The summed E-state index contributed by atoms with van der Waals surface area (Å²) >= 11 is 1.48. The second-order valence-corrected chi connectivity index (χ2v) is 7.27. The van der Waals surface area contributed by atoms with Gasteiger partial charge in [0.05, 0.1) is 19.3 Å². The van der Waals surface area contributed by atoms with Crippen LogP contribution in [-0.4, -0.2) is 94.3 Å². The first-order valence-corrected chi connectivity index (χ1v) is 10.3. The molecule has 4 unspecified atom stereocenters. The van der Waals surface area contributed by atoms with Gasteiger partial charge in [-0.3, -0.25) is 19.2 Å².